The summed E-state index contributed by atoms with van der Waals surface area (Å²) in [5.74, 6) is 0.948. The van der Waals surface area contributed by atoms with Crippen LogP contribution in [0.2, 0.25) is 0 Å². The summed E-state index contributed by atoms with van der Waals surface area (Å²) in [4.78, 5) is 4.54. The Balaban J connectivity index is 2.54. The average Bonchev–Trinajstić information content (AvgIpc) is 2.33. The van der Waals surface area contributed by atoms with Gasteiger partial charge in [-0.25, -0.2) is 0 Å². The number of hydrogen-bond acceptors (Lipinski definition) is 5. The molecular formula is C8H14N2OS2. The molecule has 0 spiro atoms. The molecule has 1 N–H and O–H groups in total. The normalized spacial score (nSPS) is 27.6. The Morgan fingerprint density at radius 2 is 2.23 bits per heavy atom. The second-order valence-corrected chi connectivity index (χ2v) is 6.28. The zero-order valence-electron chi connectivity index (χ0n) is 8.02. The maximum Gasteiger partial charge on any atom is 0.125 e. The molecule has 0 aromatic heterocycles. The van der Waals surface area contributed by atoms with Crippen LogP contribution in [0.5, 0.6) is 0 Å². The van der Waals surface area contributed by atoms with E-state index in [4.69, 9.17) is 5.21 Å². The van der Waals surface area contributed by atoms with E-state index in [-0.39, 0.29) is 10.8 Å². The van der Waals surface area contributed by atoms with Crippen LogP contribution in [0.1, 0.15) is 20.8 Å². The third kappa shape index (κ3) is 4.04. The summed E-state index contributed by atoms with van der Waals surface area (Å²) in [5, 5.41) is 11.7. The fourth-order valence-electron chi connectivity index (χ4n) is 0.831. The number of rotatable bonds is 1. The molecular weight excluding hydrogens is 204 g/mol. The van der Waals surface area contributed by atoms with Crippen molar-refractivity contribution in [2.45, 2.75) is 31.6 Å². The quantitative estimate of drug-likeness (QED) is 0.418. The van der Waals surface area contributed by atoms with Gasteiger partial charge in [0.25, 0.3) is 0 Å². The standard InChI is InChI=1S/C8H14N2OS2/c1-8(2,3)10-7-12-5-6(13-7)4-9-11/h4,6,11H,5H2,1-3H3/b9-4-,10-7?/t6-/m1/s1. The lowest BCUT2D eigenvalue weighted by atomic mass is 10.1. The van der Waals surface area contributed by atoms with Crippen molar-refractivity contribution >= 4 is 34.1 Å². The van der Waals surface area contributed by atoms with Crippen LogP contribution in [0.15, 0.2) is 10.1 Å². The SMILES string of the molecule is CC(C)(C)N=C1SC[C@@H](/C=N\O)S1. The van der Waals surface area contributed by atoms with E-state index in [1.807, 2.05) is 0 Å². The Morgan fingerprint density at radius 3 is 2.77 bits per heavy atom. The Morgan fingerprint density at radius 1 is 1.54 bits per heavy atom. The summed E-state index contributed by atoms with van der Waals surface area (Å²) in [6.45, 7) is 6.23. The number of nitrogens with zero attached hydrogens (tertiary/aromatic N) is 2. The lowest BCUT2D eigenvalue weighted by Gasteiger charge is -2.12. The van der Waals surface area contributed by atoms with Crippen LogP contribution in [0, 0.1) is 0 Å². The Bertz CT molecular complexity index is 233. The maximum absolute atomic E-state index is 8.35. The van der Waals surface area contributed by atoms with Crippen molar-refractivity contribution in [3.63, 3.8) is 0 Å². The summed E-state index contributed by atoms with van der Waals surface area (Å²) in [6, 6.07) is 0. The number of oxime groups is 1. The Kier molecular flexibility index (Phi) is 3.67. The van der Waals surface area contributed by atoms with E-state index in [0.29, 0.717) is 0 Å². The van der Waals surface area contributed by atoms with Crippen LogP contribution in [-0.4, -0.2) is 32.3 Å². The maximum atomic E-state index is 8.35. The van der Waals surface area contributed by atoms with Gasteiger partial charge in [0.15, 0.2) is 0 Å². The smallest absolute Gasteiger partial charge is 0.125 e. The van der Waals surface area contributed by atoms with E-state index in [9.17, 15) is 0 Å². The molecule has 0 bridgehead atoms. The zero-order chi connectivity index (χ0) is 9.90. The van der Waals surface area contributed by atoms with Crippen LogP contribution in [0.4, 0.5) is 0 Å². The van der Waals surface area contributed by atoms with E-state index in [0.717, 1.165) is 10.1 Å². The first-order valence-electron chi connectivity index (χ1n) is 4.08. The van der Waals surface area contributed by atoms with Crippen molar-refractivity contribution in [2.24, 2.45) is 10.1 Å². The lowest BCUT2D eigenvalue weighted by molar-refractivity contribution is 0.321. The highest BCUT2D eigenvalue weighted by Crippen LogP contribution is 2.33. The van der Waals surface area contributed by atoms with Crippen LogP contribution in [0.3, 0.4) is 0 Å². The second kappa shape index (κ2) is 4.37. The molecule has 0 aromatic rings. The van der Waals surface area contributed by atoms with E-state index < -0.39 is 0 Å². The first-order valence-corrected chi connectivity index (χ1v) is 5.94. The molecule has 0 aromatic carbocycles. The van der Waals surface area contributed by atoms with Gasteiger partial charge in [-0.1, -0.05) is 23.5 Å². The first-order chi connectivity index (χ1) is 6.01. The molecule has 1 heterocycles. The molecule has 0 saturated carbocycles. The van der Waals surface area contributed by atoms with Crippen molar-refractivity contribution < 1.29 is 5.21 Å². The highest BCUT2D eigenvalue weighted by molar-refractivity contribution is 8.42. The van der Waals surface area contributed by atoms with Gasteiger partial charge in [0.1, 0.15) is 4.38 Å². The minimum Gasteiger partial charge on any atom is -0.411 e. The minimum atomic E-state index is -0.0133. The van der Waals surface area contributed by atoms with Gasteiger partial charge >= 0.3 is 0 Å². The third-order valence-electron chi connectivity index (χ3n) is 1.28. The predicted octanol–water partition coefficient (Wildman–Crippen LogP) is 2.45. The van der Waals surface area contributed by atoms with Crippen molar-refractivity contribution in [3.8, 4) is 0 Å². The molecule has 13 heavy (non-hydrogen) atoms. The van der Waals surface area contributed by atoms with Crippen LogP contribution in [0.25, 0.3) is 0 Å². The lowest BCUT2D eigenvalue weighted by Crippen LogP contribution is -2.10. The summed E-state index contributed by atoms with van der Waals surface area (Å²) >= 11 is 3.39. The van der Waals surface area contributed by atoms with Gasteiger partial charge in [0, 0.05) is 5.75 Å². The predicted molar refractivity (Wildman–Crippen MR) is 61.3 cm³/mol. The Labute approximate surface area is 87.1 Å². The van der Waals surface area contributed by atoms with E-state index in [2.05, 4.69) is 30.9 Å². The molecule has 1 fully saturated rings. The average molecular weight is 218 g/mol. The third-order valence-corrected chi connectivity index (χ3v) is 3.88. The zero-order valence-corrected chi connectivity index (χ0v) is 9.65. The molecule has 1 atom stereocenters. The molecule has 1 saturated heterocycles. The molecule has 1 aliphatic rings. The Hall–Kier alpha value is -0.160. The van der Waals surface area contributed by atoms with E-state index >= 15 is 0 Å². The van der Waals surface area contributed by atoms with Crippen LogP contribution < -0.4 is 0 Å². The monoisotopic (exact) mass is 218 g/mol. The largest absolute Gasteiger partial charge is 0.411 e. The summed E-state index contributed by atoms with van der Waals surface area (Å²) in [6.07, 6.45) is 1.56. The topological polar surface area (TPSA) is 45.0 Å². The molecule has 0 amide bonds. The number of hydrogen-bond donors (Lipinski definition) is 1. The highest BCUT2D eigenvalue weighted by Gasteiger charge is 2.22. The molecule has 3 nitrogen and oxygen atoms in total. The minimum absolute atomic E-state index is 0.0133. The first kappa shape index (κ1) is 10.9. The summed E-state index contributed by atoms with van der Waals surface area (Å²) in [7, 11) is 0. The van der Waals surface area contributed by atoms with Gasteiger partial charge in [0.05, 0.1) is 17.0 Å². The van der Waals surface area contributed by atoms with Gasteiger partial charge in [-0.3, -0.25) is 4.99 Å². The van der Waals surface area contributed by atoms with Crippen molar-refractivity contribution in [3.05, 3.63) is 0 Å². The molecule has 0 radical (unpaired) electrons. The molecule has 1 rings (SSSR count). The molecule has 0 unspecified atom stereocenters. The van der Waals surface area contributed by atoms with E-state index in [1.165, 1.54) is 0 Å². The van der Waals surface area contributed by atoms with Gasteiger partial charge in [-0.2, -0.15) is 0 Å². The number of aliphatic imine (C=N–C) groups is 1. The molecule has 74 valence electrons. The molecule has 1 aliphatic heterocycles. The highest BCUT2D eigenvalue weighted by atomic mass is 32.2. The summed E-state index contributed by atoms with van der Waals surface area (Å²) < 4.78 is 1.09. The van der Waals surface area contributed by atoms with Crippen molar-refractivity contribution in [1.82, 2.24) is 0 Å². The van der Waals surface area contributed by atoms with Crippen LogP contribution in [-0.2, 0) is 0 Å². The van der Waals surface area contributed by atoms with Crippen molar-refractivity contribution in [1.29, 1.82) is 0 Å². The van der Waals surface area contributed by atoms with Crippen LogP contribution >= 0.6 is 23.5 Å². The fraction of sp³-hybridized carbons (Fsp3) is 0.750. The van der Waals surface area contributed by atoms with Gasteiger partial charge in [0.2, 0.25) is 0 Å². The summed E-state index contributed by atoms with van der Waals surface area (Å²) in [5.41, 5.74) is -0.0133. The fourth-order valence-corrected chi connectivity index (χ4v) is 3.59. The second-order valence-electron chi connectivity index (χ2n) is 3.78. The van der Waals surface area contributed by atoms with E-state index in [1.54, 1.807) is 29.7 Å². The molecule has 5 heteroatoms. The van der Waals surface area contributed by atoms with Gasteiger partial charge in [-0.05, 0) is 20.8 Å². The number of thioether (sulfide) groups is 2. The van der Waals surface area contributed by atoms with Gasteiger partial charge in [-0.15, -0.1) is 5.16 Å². The van der Waals surface area contributed by atoms with Gasteiger partial charge < -0.3 is 5.21 Å². The molecule has 0 aliphatic carbocycles. The van der Waals surface area contributed by atoms with Crippen molar-refractivity contribution in [2.75, 3.05) is 5.75 Å².